The summed E-state index contributed by atoms with van der Waals surface area (Å²) in [4.78, 5) is 1.12. The second-order valence-electron chi connectivity index (χ2n) is 9.03. The van der Waals surface area contributed by atoms with Gasteiger partial charge in [-0.05, 0) is 55.3 Å². The van der Waals surface area contributed by atoms with Gasteiger partial charge in [0.05, 0.1) is 0 Å². The van der Waals surface area contributed by atoms with E-state index in [9.17, 15) is 5.11 Å². The molecule has 0 saturated carbocycles. The van der Waals surface area contributed by atoms with Crippen LogP contribution in [0.1, 0.15) is 52.7 Å². The Morgan fingerprint density at radius 3 is 2.27 bits per heavy atom. The molecule has 0 bridgehead atoms. The highest BCUT2D eigenvalue weighted by Crippen LogP contribution is 2.42. The van der Waals surface area contributed by atoms with Crippen LogP contribution in [-0.4, -0.2) is 10.6 Å². The van der Waals surface area contributed by atoms with E-state index in [2.05, 4.69) is 89.3 Å². The maximum Gasteiger partial charge on any atom is 0.128 e. The molecule has 0 aliphatic carbocycles. The fraction of sp³-hybridized carbons (Fsp3) is 0.391. The van der Waals surface area contributed by atoms with Gasteiger partial charge in [0, 0.05) is 32.8 Å². The lowest BCUT2D eigenvalue weighted by Crippen LogP contribution is -2.35. The third-order valence-corrected chi connectivity index (χ3v) is 5.70. The quantitative estimate of drug-likeness (QED) is 0.557. The molecule has 3 aromatic rings. The number of hydrogen-bond donors (Lipinski definition) is 2. The van der Waals surface area contributed by atoms with Crippen LogP contribution in [0.25, 0.3) is 20.5 Å². The van der Waals surface area contributed by atoms with E-state index in [1.807, 2.05) is 0 Å². The summed E-state index contributed by atoms with van der Waals surface area (Å²) in [6.07, 6.45) is 0. The SMILES string of the molecule is CC(C)(C)NCc1cc(C(C)(C)C)cc(-c2cc3ccccc3s2)c1O. The maximum absolute atomic E-state index is 11.0. The van der Waals surface area contributed by atoms with Crippen molar-refractivity contribution in [2.45, 2.75) is 59.0 Å². The van der Waals surface area contributed by atoms with Crippen molar-refractivity contribution < 1.29 is 5.11 Å². The predicted molar refractivity (Wildman–Crippen MR) is 114 cm³/mol. The summed E-state index contributed by atoms with van der Waals surface area (Å²) in [6, 6.07) is 14.9. The first-order valence-corrected chi connectivity index (χ1v) is 9.96. The fourth-order valence-electron chi connectivity index (χ4n) is 2.93. The molecule has 0 amide bonds. The summed E-state index contributed by atoms with van der Waals surface area (Å²) in [5.41, 5.74) is 3.16. The Morgan fingerprint density at radius 1 is 0.962 bits per heavy atom. The summed E-state index contributed by atoms with van der Waals surface area (Å²) in [7, 11) is 0. The summed E-state index contributed by atoms with van der Waals surface area (Å²) < 4.78 is 1.25. The average Bonchev–Trinajstić information content (AvgIpc) is 2.95. The lowest BCUT2D eigenvalue weighted by atomic mass is 9.84. The van der Waals surface area contributed by atoms with E-state index in [4.69, 9.17) is 0 Å². The number of thiophene rings is 1. The number of nitrogens with one attached hydrogen (secondary N) is 1. The van der Waals surface area contributed by atoms with Crippen LogP contribution in [0.2, 0.25) is 0 Å². The number of aromatic hydroxyl groups is 1. The van der Waals surface area contributed by atoms with Crippen molar-refractivity contribution in [2.75, 3.05) is 0 Å². The lowest BCUT2D eigenvalue weighted by molar-refractivity contribution is 0.412. The smallest absolute Gasteiger partial charge is 0.128 e. The summed E-state index contributed by atoms with van der Waals surface area (Å²) >= 11 is 1.74. The molecule has 2 nitrogen and oxygen atoms in total. The Morgan fingerprint density at radius 2 is 1.65 bits per heavy atom. The summed E-state index contributed by atoms with van der Waals surface area (Å²) in [5.74, 6) is 0.390. The van der Waals surface area contributed by atoms with E-state index in [0.29, 0.717) is 12.3 Å². The third-order valence-electron chi connectivity index (χ3n) is 4.56. The second-order valence-corrected chi connectivity index (χ2v) is 10.1. The average molecular weight is 368 g/mol. The van der Waals surface area contributed by atoms with Crippen molar-refractivity contribution in [1.29, 1.82) is 0 Å². The van der Waals surface area contributed by atoms with Crippen molar-refractivity contribution in [3.63, 3.8) is 0 Å². The zero-order valence-electron chi connectivity index (χ0n) is 16.6. The van der Waals surface area contributed by atoms with Crippen LogP contribution in [0.5, 0.6) is 5.75 Å². The van der Waals surface area contributed by atoms with Gasteiger partial charge in [0.1, 0.15) is 5.75 Å². The van der Waals surface area contributed by atoms with E-state index < -0.39 is 0 Å². The Labute approximate surface area is 160 Å². The minimum atomic E-state index is 0.00194. The highest BCUT2D eigenvalue weighted by atomic mass is 32.1. The standard InChI is InChI=1S/C23H29NOS/c1-22(2,3)17-11-16(14-24-23(4,5)6)21(25)18(13-17)20-12-15-9-7-8-10-19(15)26-20/h7-13,24-25H,14H2,1-6H3. The second kappa shape index (κ2) is 6.71. The zero-order chi connectivity index (χ0) is 19.1. The molecule has 0 unspecified atom stereocenters. The normalized spacial score (nSPS) is 12.7. The topological polar surface area (TPSA) is 32.3 Å². The van der Waals surface area contributed by atoms with Crippen LogP contribution in [-0.2, 0) is 12.0 Å². The van der Waals surface area contributed by atoms with Gasteiger partial charge < -0.3 is 10.4 Å². The molecule has 0 aliphatic rings. The first kappa shape index (κ1) is 18.9. The molecular formula is C23H29NOS. The molecule has 138 valence electrons. The van der Waals surface area contributed by atoms with Crippen molar-refractivity contribution in [1.82, 2.24) is 5.32 Å². The van der Waals surface area contributed by atoms with Gasteiger partial charge in [-0.3, -0.25) is 0 Å². The minimum Gasteiger partial charge on any atom is -0.507 e. The number of hydrogen-bond acceptors (Lipinski definition) is 3. The summed E-state index contributed by atoms with van der Waals surface area (Å²) in [6.45, 7) is 13.7. The molecule has 2 N–H and O–H groups in total. The van der Waals surface area contributed by atoms with Gasteiger partial charge in [-0.1, -0.05) is 45.0 Å². The van der Waals surface area contributed by atoms with Crippen LogP contribution in [0.4, 0.5) is 0 Å². The Balaban J connectivity index is 2.13. The lowest BCUT2D eigenvalue weighted by Gasteiger charge is -2.25. The van der Waals surface area contributed by atoms with Crippen LogP contribution in [0.15, 0.2) is 42.5 Å². The van der Waals surface area contributed by atoms with Crippen molar-refractivity contribution in [3.8, 4) is 16.2 Å². The Bertz CT molecular complexity index is 893. The Hall–Kier alpha value is -1.84. The van der Waals surface area contributed by atoms with Crippen LogP contribution >= 0.6 is 11.3 Å². The van der Waals surface area contributed by atoms with Gasteiger partial charge in [0.2, 0.25) is 0 Å². The monoisotopic (exact) mass is 367 g/mol. The zero-order valence-corrected chi connectivity index (χ0v) is 17.4. The molecule has 3 rings (SSSR count). The Kier molecular flexibility index (Phi) is 4.89. The number of phenolic OH excluding ortho intramolecular Hbond substituents is 1. The van der Waals surface area contributed by atoms with Crippen molar-refractivity contribution >= 4 is 21.4 Å². The van der Waals surface area contributed by atoms with E-state index in [1.165, 1.54) is 15.6 Å². The highest BCUT2D eigenvalue weighted by Gasteiger charge is 2.21. The fourth-order valence-corrected chi connectivity index (χ4v) is 4.00. The molecule has 0 aliphatic heterocycles. The first-order valence-electron chi connectivity index (χ1n) is 9.15. The number of phenols is 1. The van der Waals surface area contributed by atoms with Gasteiger partial charge in [-0.25, -0.2) is 0 Å². The van der Waals surface area contributed by atoms with E-state index in [0.717, 1.165) is 16.0 Å². The van der Waals surface area contributed by atoms with Crippen molar-refractivity contribution in [3.05, 3.63) is 53.6 Å². The first-order chi connectivity index (χ1) is 12.0. The minimum absolute atomic E-state index is 0.00194. The van der Waals surface area contributed by atoms with Gasteiger partial charge in [0.25, 0.3) is 0 Å². The van der Waals surface area contributed by atoms with E-state index in [-0.39, 0.29) is 11.0 Å². The number of rotatable bonds is 3. The number of benzene rings is 2. The van der Waals surface area contributed by atoms with Gasteiger partial charge in [0.15, 0.2) is 0 Å². The number of fused-ring (bicyclic) bond motifs is 1. The molecular weight excluding hydrogens is 338 g/mol. The van der Waals surface area contributed by atoms with E-state index in [1.54, 1.807) is 11.3 Å². The van der Waals surface area contributed by atoms with Crippen LogP contribution < -0.4 is 5.32 Å². The molecule has 0 radical (unpaired) electrons. The summed E-state index contributed by atoms with van der Waals surface area (Å²) in [5, 5.41) is 15.8. The molecule has 1 heterocycles. The molecule has 0 spiro atoms. The molecule has 3 heteroatoms. The molecule has 0 saturated heterocycles. The highest BCUT2D eigenvalue weighted by molar-refractivity contribution is 7.22. The van der Waals surface area contributed by atoms with Crippen LogP contribution in [0.3, 0.4) is 0 Å². The third kappa shape index (κ3) is 4.11. The van der Waals surface area contributed by atoms with E-state index >= 15 is 0 Å². The van der Waals surface area contributed by atoms with Crippen LogP contribution in [0, 0.1) is 0 Å². The molecule has 0 atom stereocenters. The largest absolute Gasteiger partial charge is 0.507 e. The van der Waals surface area contributed by atoms with Crippen molar-refractivity contribution in [2.24, 2.45) is 0 Å². The molecule has 1 aromatic heterocycles. The van der Waals surface area contributed by atoms with Gasteiger partial charge in [-0.15, -0.1) is 11.3 Å². The van der Waals surface area contributed by atoms with Gasteiger partial charge >= 0.3 is 0 Å². The molecule has 2 aromatic carbocycles. The molecule has 26 heavy (non-hydrogen) atoms. The predicted octanol–water partition coefficient (Wildman–Crippen LogP) is 6.46. The molecule has 0 fully saturated rings. The van der Waals surface area contributed by atoms with Gasteiger partial charge in [-0.2, -0.15) is 0 Å². The maximum atomic E-state index is 11.0.